The van der Waals surface area contributed by atoms with Gasteiger partial charge in [0, 0.05) is 13.1 Å². The topological polar surface area (TPSA) is 58.6 Å². The Hall–Kier alpha value is -1.26. The summed E-state index contributed by atoms with van der Waals surface area (Å²) in [6.07, 6.45) is 3.43. The van der Waals surface area contributed by atoms with E-state index in [1.165, 1.54) is 4.90 Å². The van der Waals surface area contributed by atoms with E-state index in [0.29, 0.717) is 19.7 Å². The van der Waals surface area contributed by atoms with Gasteiger partial charge in [0.15, 0.2) is 0 Å². The molecule has 0 unspecified atom stereocenters. The maximum atomic E-state index is 11.6. The monoisotopic (exact) mass is 258 g/mol. The quantitative estimate of drug-likeness (QED) is 0.645. The van der Waals surface area contributed by atoms with Crippen molar-refractivity contribution in [1.29, 1.82) is 0 Å². The van der Waals surface area contributed by atoms with Crippen molar-refractivity contribution in [3.05, 3.63) is 0 Å². The molecule has 0 aromatic rings. The molecule has 5 nitrogen and oxygen atoms in total. The van der Waals surface area contributed by atoms with Crippen LogP contribution in [0.5, 0.6) is 0 Å². The number of rotatable bonds is 9. The summed E-state index contributed by atoms with van der Waals surface area (Å²) < 4.78 is 5.07. The average Bonchev–Trinajstić information content (AvgIpc) is 2.36. The van der Waals surface area contributed by atoms with Crippen LogP contribution in [0, 0.1) is 0 Å². The lowest BCUT2D eigenvalue weighted by Gasteiger charge is -2.19. The average molecular weight is 258 g/mol. The lowest BCUT2D eigenvalue weighted by Crippen LogP contribution is -2.41. The lowest BCUT2D eigenvalue weighted by atomic mass is 10.3. The minimum atomic E-state index is -0.406. The first-order chi connectivity index (χ1) is 8.65. The minimum Gasteiger partial charge on any atom is -0.449 e. The first kappa shape index (κ1) is 16.7. The number of carbonyl (C=O) groups is 2. The normalized spacial score (nSPS) is 9.94. The summed E-state index contributed by atoms with van der Waals surface area (Å²) in [4.78, 5) is 24.6. The fourth-order valence-corrected chi connectivity index (χ4v) is 1.33. The van der Waals surface area contributed by atoms with E-state index in [2.05, 4.69) is 12.2 Å². The fourth-order valence-electron chi connectivity index (χ4n) is 1.33. The predicted octanol–water partition coefficient (Wildman–Crippen LogP) is 2.16. The molecule has 0 heterocycles. The van der Waals surface area contributed by atoms with Crippen molar-refractivity contribution < 1.29 is 14.3 Å². The number of amides is 2. The van der Waals surface area contributed by atoms with Crippen LogP contribution in [-0.2, 0) is 9.53 Å². The van der Waals surface area contributed by atoms with Gasteiger partial charge in [-0.05, 0) is 19.8 Å². The van der Waals surface area contributed by atoms with Gasteiger partial charge in [0.2, 0.25) is 5.91 Å². The van der Waals surface area contributed by atoms with Crippen LogP contribution in [0.4, 0.5) is 4.79 Å². The summed E-state index contributed by atoms with van der Waals surface area (Å²) in [6, 6.07) is 0. The largest absolute Gasteiger partial charge is 0.449 e. The molecule has 0 aromatic heterocycles. The summed E-state index contributed by atoms with van der Waals surface area (Å²) in [5.74, 6) is -0.127. The standard InChI is InChI=1S/C13H26N2O3/c1-4-7-9-14-12(16)11-15(6-3)13(17)18-10-8-5-2/h4-11H2,1-3H3,(H,14,16). The Labute approximate surface area is 110 Å². The number of unbranched alkanes of at least 4 members (excludes halogenated alkanes) is 2. The second kappa shape index (κ2) is 10.9. The van der Waals surface area contributed by atoms with E-state index in [4.69, 9.17) is 4.74 Å². The van der Waals surface area contributed by atoms with Crippen LogP contribution in [0.2, 0.25) is 0 Å². The second-order valence-corrected chi connectivity index (χ2v) is 4.19. The Morgan fingerprint density at radius 2 is 1.78 bits per heavy atom. The molecule has 0 aromatic carbocycles. The van der Waals surface area contributed by atoms with E-state index < -0.39 is 6.09 Å². The number of nitrogens with one attached hydrogen (secondary N) is 1. The Balaban J connectivity index is 3.93. The lowest BCUT2D eigenvalue weighted by molar-refractivity contribution is -0.122. The highest BCUT2D eigenvalue weighted by Gasteiger charge is 2.16. The summed E-state index contributed by atoms with van der Waals surface area (Å²) in [5.41, 5.74) is 0. The van der Waals surface area contributed by atoms with Gasteiger partial charge in [0.05, 0.1) is 6.61 Å². The fraction of sp³-hybridized carbons (Fsp3) is 0.846. The smallest absolute Gasteiger partial charge is 0.410 e. The van der Waals surface area contributed by atoms with Crippen LogP contribution in [0.25, 0.3) is 0 Å². The molecule has 0 saturated heterocycles. The summed E-state index contributed by atoms with van der Waals surface area (Å²) in [5, 5.41) is 2.78. The number of carbonyl (C=O) groups excluding carboxylic acids is 2. The van der Waals surface area contributed by atoms with Crippen LogP contribution < -0.4 is 5.32 Å². The summed E-state index contributed by atoms with van der Waals surface area (Å²) in [7, 11) is 0. The molecule has 106 valence electrons. The second-order valence-electron chi connectivity index (χ2n) is 4.19. The molecule has 0 spiro atoms. The third-order valence-corrected chi connectivity index (χ3v) is 2.55. The zero-order valence-corrected chi connectivity index (χ0v) is 11.8. The van der Waals surface area contributed by atoms with Crippen LogP contribution in [0.1, 0.15) is 46.5 Å². The molecule has 0 atom stereocenters. The molecule has 0 aliphatic heterocycles. The molecular weight excluding hydrogens is 232 g/mol. The zero-order chi connectivity index (χ0) is 13.8. The van der Waals surface area contributed by atoms with E-state index in [1.807, 2.05) is 13.8 Å². The van der Waals surface area contributed by atoms with Crippen molar-refractivity contribution in [2.75, 3.05) is 26.2 Å². The maximum absolute atomic E-state index is 11.6. The van der Waals surface area contributed by atoms with E-state index in [-0.39, 0.29) is 12.5 Å². The van der Waals surface area contributed by atoms with Gasteiger partial charge in [-0.25, -0.2) is 4.79 Å². The molecular formula is C13H26N2O3. The van der Waals surface area contributed by atoms with E-state index in [9.17, 15) is 9.59 Å². The van der Waals surface area contributed by atoms with E-state index in [0.717, 1.165) is 25.7 Å². The number of hydrogen-bond acceptors (Lipinski definition) is 3. The number of ether oxygens (including phenoxy) is 1. The predicted molar refractivity (Wildman–Crippen MR) is 71.4 cm³/mol. The molecule has 0 fully saturated rings. The van der Waals surface area contributed by atoms with Crippen LogP contribution in [0.15, 0.2) is 0 Å². The van der Waals surface area contributed by atoms with Crippen molar-refractivity contribution in [3.63, 3.8) is 0 Å². The molecule has 0 bridgehead atoms. The molecule has 5 heteroatoms. The molecule has 0 saturated carbocycles. The Bertz CT molecular complexity index is 244. The minimum absolute atomic E-state index is 0.0746. The first-order valence-electron chi connectivity index (χ1n) is 6.84. The summed E-state index contributed by atoms with van der Waals surface area (Å²) in [6.45, 7) is 7.57. The highest BCUT2D eigenvalue weighted by molar-refractivity contribution is 5.82. The van der Waals surface area contributed by atoms with Gasteiger partial charge in [-0.15, -0.1) is 0 Å². The van der Waals surface area contributed by atoms with Crippen LogP contribution in [0.3, 0.4) is 0 Å². The SMILES string of the molecule is CCCCNC(=O)CN(CC)C(=O)OCCCC. The van der Waals surface area contributed by atoms with Crippen LogP contribution in [-0.4, -0.2) is 43.1 Å². The Morgan fingerprint density at radius 3 is 2.33 bits per heavy atom. The third-order valence-electron chi connectivity index (χ3n) is 2.55. The highest BCUT2D eigenvalue weighted by Crippen LogP contribution is 1.96. The molecule has 0 rings (SSSR count). The van der Waals surface area contributed by atoms with Gasteiger partial charge in [-0.2, -0.15) is 0 Å². The first-order valence-corrected chi connectivity index (χ1v) is 6.84. The number of nitrogens with zero attached hydrogens (tertiary/aromatic N) is 1. The molecule has 18 heavy (non-hydrogen) atoms. The molecule has 2 amide bonds. The number of hydrogen-bond donors (Lipinski definition) is 1. The van der Waals surface area contributed by atoms with E-state index >= 15 is 0 Å². The van der Waals surface area contributed by atoms with Crippen molar-refractivity contribution >= 4 is 12.0 Å². The molecule has 0 radical (unpaired) electrons. The molecule has 0 aliphatic carbocycles. The van der Waals surface area contributed by atoms with Gasteiger partial charge in [0.1, 0.15) is 6.54 Å². The summed E-state index contributed by atoms with van der Waals surface area (Å²) >= 11 is 0. The van der Waals surface area contributed by atoms with Crippen molar-refractivity contribution in [2.45, 2.75) is 46.5 Å². The van der Waals surface area contributed by atoms with Gasteiger partial charge < -0.3 is 10.1 Å². The maximum Gasteiger partial charge on any atom is 0.410 e. The van der Waals surface area contributed by atoms with Gasteiger partial charge in [-0.1, -0.05) is 26.7 Å². The van der Waals surface area contributed by atoms with Crippen LogP contribution >= 0.6 is 0 Å². The number of likely N-dealkylation sites (N-methyl/N-ethyl adjacent to an activating group) is 1. The Kier molecular flexibility index (Phi) is 10.1. The molecule has 1 N–H and O–H groups in total. The van der Waals surface area contributed by atoms with Gasteiger partial charge >= 0.3 is 6.09 Å². The van der Waals surface area contributed by atoms with Gasteiger partial charge in [0.25, 0.3) is 0 Å². The van der Waals surface area contributed by atoms with Crippen molar-refractivity contribution in [2.24, 2.45) is 0 Å². The van der Waals surface area contributed by atoms with Crippen molar-refractivity contribution in [1.82, 2.24) is 10.2 Å². The van der Waals surface area contributed by atoms with Gasteiger partial charge in [-0.3, -0.25) is 9.69 Å². The highest BCUT2D eigenvalue weighted by atomic mass is 16.6. The van der Waals surface area contributed by atoms with E-state index in [1.54, 1.807) is 0 Å². The molecule has 0 aliphatic rings. The third kappa shape index (κ3) is 7.92. The zero-order valence-electron chi connectivity index (χ0n) is 11.8. The Morgan fingerprint density at radius 1 is 1.11 bits per heavy atom. The van der Waals surface area contributed by atoms with Crippen molar-refractivity contribution in [3.8, 4) is 0 Å².